The Morgan fingerprint density at radius 3 is 2.72 bits per heavy atom. The lowest BCUT2D eigenvalue weighted by molar-refractivity contribution is -0.134. The van der Waals surface area contributed by atoms with Crippen LogP contribution in [-0.4, -0.2) is 26.4 Å². The molecule has 1 aliphatic rings. The van der Waals surface area contributed by atoms with E-state index in [9.17, 15) is 4.79 Å². The first-order valence-corrected chi connectivity index (χ1v) is 6.20. The van der Waals surface area contributed by atoms with Gasteiger partial charge in [-0.2, -0.15) is 0 Å². The van der Waals surface area contributed by atoms with Crippen LogP contribution in [0.15, 0.2) is 18.2 Å². The molecule has 0 aliphatic heterocycles. The van der Waals surface area contributed by atoms with Gasteiger partial charge in [-0.25, -0.2) is 0 Å². The van der Waals surface area contributed by atoms with E-state index < -0.39 is 6.29 Å². The molecule has 0 atom stereocenters. The van der Waals surface area contributed by atoms with E-state index in [1.165, 1.54) is 31.8 Å². The minimum Gasteiger partial charge on any atom is -0.355 e. The highest BCUT2D eigenvalue weighted by molar-refractivity contribution is 5.91. The molecule has 0 saturated carbocycles. The summed E-state index contributed by atoms with van der Waals surface area (Å²) in [7, 11) is 3.05. The molecule has 1 aromatic rings. The summed E-state index contributed by atoms with van der Waals surface area (Å²) in [4.78, 5) is 11.8. The van der Waals surface area contributed by atoms with Crippen molar-refractivity contribution in [2.75, 3.05) is 19.5 Å². The first kappa shape index (κ1) is 13.1. The Morgan fingerprint density at radius 2 is 2.00 bits per heavy atom. The van der Waals surface area contributed by atoms with E-state index in [1.54, 1.807) is 0 Å². The van der Waals surface area contributed by atoms with Gasteiger partial charge in [-0.3, -0.25) is 4.79 Å². The maximum absolute atomic E-state index is 11.8. The lowest BCUT2D eigenvalue weighted by atomic mass is 10.1. The molecule has 0 fully saturated rings. The number of ether oxygens (including phenoxy) is 2. The predicted octanol–water partition coefficient (Wildman–Crippen LogP) is 2.12. The van der Waals surface area contributed by atoms with Crippen LogP contribution in [0.1, 0.15) is 24.0 Å². The summed E-state index contributed by atoms with van der Waals surface area (Å²) in [6.07, 6.45) is 3.18. The highest BCUT2D eigenvalue weighted by Gasteiger charge is 2.14. The number of anilines is 1. The second kappa shape index (κ2) is 5.98. The van der Waals surface area contributed by atoms with Crippen molar-refractivity contribution in [2.45, 2.75) is 32.0 Å². The Hall–Kier alpha value is -1.39. The molecule has 0 spiro atoms. The van der Waals surface area contributed by atoms with Gasteiger partial charge in [0.1, 0.15) is 0 Å². The van der Waals surface area contributed by atoms with Gasteiger partial charge in [0, 0.05) is 19.9 Å². The van der Waals surface area contributed by atoms with E-state index in [0.29, 0.717) is 0 Å². The van der Waals surface area contributed by atoms with Crippen molar-refractivity contribution in [3.05, 3.63) is 29.3 Å². The molecule has 18 heavy (non-hydrogen) atoms. The summed E-state index contributed by atoms with van der Waals surface area (Å²) in [5.74, 6) is -0.0957. The summed E-state index contributed by atoms with van der Waals surface area (Å²) < 4.78 is 10.00. The lowest BCUT2D eigenvalue weighted by Gasteiger charge is -2.13. The summed E-state index contributed by atoms with van der Waals surface area (Å²) in [6, 6.07) is 6.12. The molecule has 0 saturated heterocycles. The van der Waals surface area contributed by atoms with E-state index in [0.717, 1.165) is 18.5 Å². The number of methoxy groups -OCH3 is 2. The number of nitrogens with one attached hydrogen (secondary N) is 1. The zero-order chi connectivity index (χ0) is 13.0. The summed E-state index contributed by atoms with van der Waals surface area (Å²) in [5.41, 5.74) is 3.61. The monoisotopic (exact) mass is 249 g/mol. The molecular formula is C14H19NO3. The molecule has 1 aromatic carbocycles. The molecule has 2 rings (SSSR count). The van der Waals surface area contributed by atoms with Gasteiger partial charge < -0.3 is 14.8 Å². The van der Waals surface area contributed by atoms with Gasteiger partial charge in [-0.05, 0) is 42.5 Å². The van der Waals surface area contributed by atoms with E-state index in [4.69, 9.17) is 9.47 Å². The topological polar surface area (TPSA) is 47.6 Å². The number of rotatable bonds is 5. The molecule has 0 radical (unpaired) electrons. The van der Waals surface area contributed by atoms with Crippen molar-refractivity contribution >= 4 is 11.6 Å². The summed E-state index contributed by atoms with van der Waals surface area (Å²) >= 11 is 0. The Kier molecular flexibility index (Phi) is 4.33. The van der Waals surface area contributed by atoms with E-state index in [2.05, 4.69) is 17.4 Å². The number of hydrogen-bond acceptors (Lipinski definition) is 3. The Morgan fingerprint density at radius 1 is 1.28 bits per heavy atom. The van der Waals surface area contributed by atoms with Crippen molar-refractivity contribution in [3.8, 4) is 0 Å². The van der Waals surface area contributed by atoms with Gasteiger partial charge in [0.25, 0.3) is 0 Å². The Bertz CT molecular complexity index is 427. The van der Waals surface area contributed by atoms with Gasteiger partial charge in [0.2, 0.25) is 5.91 Å². The molecule has 4 nitrogen and oxygen atoms in total. The fourth-order valence-electron chi connectivity index (χ4n) is 2.28. The molecule has 4 heteroatoms. The number of aryl methyl sites for hydroxylation is 2. The van der Waals surface area contributed by atoms with Gasteiger partial charge in [-0.1, -0.05) is 6.07 Å². The maximum Gasteiger partial charge on any atom is 0.229 e. The molecule has 1 N–H and O–H groups in total. The zero-order valence-electron chi connectivity index (χ0n) is 10.9. The third kappa shape index (κ3) is 3.09. The van der Waals surface area contributed by atoms with E-state index >= 15 is 0 Å². The molecule has 0 heterocycles. The summed E-state index contributed by atoms with van der Waals surface area (Å²) in [5, 5.41) is 2.87. The van der Waals surface area contributed by atoms with Crippen LogP contribution in [0.25, 0.3) is 0 Å². The summed E-state index contributed by atoms with van der Waals surface area (Å²) in [6.45, 7) is 0. The van der Waals surface area contributed by atoms with Crippen LogP contribution < -0.4 is 5.32 Å². The number of fused-ring (bicyclic) bond motifs is 1. The molecular weight excluding hydrogens is 230 g/mol. The molecule has 1 amide bonds. The minimum atomic E-state index is -0.487. The second-order valence-electron chi connectivity index (χ2n) is 4.49. The number of amides is 1. The Labute approximate surface area is 107 Å². The van der Waals surface area contributed by atoms with Crippen LogP contribution in [0.4, 0.5) is 5.69 Å². The van der Waals surface area contributed by atoms with Crippen LogP contribution >= 0.6 is 0 Å². The van der Waals surface area contributed by atoms with Gasteiger partial charge in [0.15, 0.2) is 6.29 Å². The molecule has 0 bridgehead atoms. The quantitative estimate of drug-likeness (QED) is 0.813. The largest absolute Gasteiger partial charge is 0.355 e. The number of carbonyl (C=O) groups excluding carboxylic acids is 1. The molecule has 0 aromatic heterocycles. The first-order chi connectivity index (χ1) is 8.72. The van der Waals surface area contributed by atoms with Crippen molar-refractivity contribution < 1.29 is 14.3 Å². The SMILES string of the molecule is COC(CC(=O)Nc1ccc2c(c1)CCC2)OC. The van der Waals surface area contributed by atoms with Crippen molar-refractivity contribution in [2.24, 2.45) is 0 Å². The van der Waals surface area contributed by atoms with E-state index in [1.807, 2.05) is 6.07 Å². The predicted molar refractivity (Wildman–Crippen MR) is 69.5 cm³/mol. The van der Waals surface area contributed by atoms with Crippen LogP contribution in [0, 0.1) is 0 Å². The van der Waals surface area contributed by atoms with Crippen LogP contribution in [-0.2, 0) is 27.1 Å². The van der Waals surface area contributed by atoms with Gasteiger partial charge in [-0.15, -0.1) is 0 Å². The third-order valence-corrected chi connectivity index (χ3v) is 3.26. The fourth-order valence-corrected chi connectivity index (χ4v) is 2.28. The number of benzene rings is 1. The van der Waals surface area contributed by atoms with Gasteiger partial charge >= 0.3 is 0 Å². The van der Waals surface area contributed by atoms with Crippen molar-refractivity contribution in [1.82, 2.24) is 0 Å². The average molecular weight is 249 g/mol. The molecule has 0 unspecified atom stereocenters. The highest BCUT2D eigenvalue weighted by Crippen LogP contribution is 2.24. The van der Waals surface area contributed by atoms with Crippen LogP contribution in [0.5, 0.6) is 0 Å². The highest BCUT2D eigenvalue weighted by atomic mass is 16.7. The normalized spacial score (nSPS) is 13.7. The fraction of sp³-hybridized carbons (Fsp3) is 0.500. The van der Waals surface area contributed by atoms with Crippen molar-refractivity contribution in [1.29, 1.82) is 0 Å². The average Bonchev–Trinajstić information content (AvgIpc) is 2.83. The minimum absolute atomic E-state index is 0.0957. The number of hydrogen-bond donors (Lipinski definition) is 1. The van der Waals surface area contributed by atoms with Crippen LogP contribution in [0.2, 0.25) is 0 Å². The first-order valence-electron chi connectivity index (χ1n) is 6.20. The standard InChI is InChI=1S/C14H19NO3/c1-17-14(18-2)9-13(16)15-12-7-6-10-4-3-5-11(10)8-12/h6-8,14H,3-5,9H2,1-2H3,(H,15,16). The zero-order valence-corrected chi connectivity index (χ0v) is 10.9. The van der Waals surface area contributed by atoms with E-state index in [-0.39, 0.29) is 12.3 Å². The van der Waals surface area contributed by atoms with Crippen molar-refractivity contribution in [3.63, 3.8) is 0 Å². The Balaban J connectivity index is 1.95. The molecule has 98 valence electrons. The lowest BCUT2D eigenvalue weighted by Crippen LogP contribution is -2.22. The number of carbonyl (C=O) groups is 1. The third-order valence-electron chi connectivity index (χ3n) is 3.26. The molecule has 1 aliphatic carbocycles. The van der Waals surface area contributed by atoms with Crippen LogP contribution in [0.3, 0.4) is 0 Å². The smallest absolute Gasteiger partial charge is 0.229 e. The maximum atomic E-state index is 11.8. The second-order valence-corrected chi connectivity index (χ2v) is 4.49. The van der Waals surface area contributed by atoms with Gasteiger partial charge in [0.05, 0.1) is 6.42 Å².